The fraction of sp³-hybridized carbons (Fsp3) is 0.533. The molecule has 0 aromatic heterocycles. The van der Waals surface area contributed by atoms with Crippen LogP contribution in [-0.4, -0.2) is 39.3 Å². The van der Waals surface area contributed by atoms with Gasteiger partial charge >= 0.3 is 5.97 Å². The molecule has 0 heterocycles. The third-order valence-corrected chi connectivity index (χ3v) is 3.23. The summed E-state index contributed by atoms with van der Waals surface area (Å²) < 4.78 is 10.3. The molecule has 0 amide bonds. The molecule has 4 heteroatoms. The lowest BCUT2D eigenvalue weighted by Gasteiger charge is -2.15. The van der Waals surface area contributed by atoms with Gasteiger partial charge in [0.25, 0.3) is 0 Å². The molecule has 4 nitrogen and oxygen atoms in total. The molecule has 0 aliphatic heterocycles. The molecule has 0 saturated heterocycles. The van der Waals surface area contributed by atoms with Crippen LogP contribution >= 0.6 is 0 Å². The van der Waals surface area contributed by atoms with E-state index in [9.17, 15) is 4.79 Å². The molecule has 106 valence electrons. The van der Waals surface area contributed by atoms with E-state index in [0.717, 1.165) is 30.9 Å². The van der Waals surface area contributed by atoms with Gasteiger partial charge in [-0.25, -0.2) is 0 Å². The van der Waals surface area contributed by atoms with Crippen molar-refractivity contribution >= 4 is 5.97 Å². The molecular formula is C15H24NO3+. The van der Waals surface area contributed by atoms with Gasteiger partial charge in [-0.1, -0.05) is 12.1 Å². The highest BCUT2D eigenvalue weighted by Gasteiger charge is 2.07. The second kappa shape index (κ2) is 8.53. The molecule has 0 aliphatic carbocycles. The zero-order valence-corrected chi connectivity index (χ0v) is 12.1. The fourth-order valence-electron chi connectivity index (χ4n) is 1.87. The first kappa shape index (κ1) is 15.5. The number of hydrogen-bond donors (Lipinski definition) is 1. The van der Waals surface area contributed by atoms with Crippen molar-refractivity contribution in [3.05, 3.63) is 29.8 Å². The molecule has 0 radical (unpaired) electrons. The molecule has 0 aliphatic rings. The van der Waals surface area contributed by atoms with Gasteiger partial charge in [-0.05, 0) is 31.5 Å². The third-order valence-electron chi connectivity index (χ3n) is 3.23. The van der Waals surface area contributed by atoms with Gasteiger partial charge in [0.2, 0.25) is 0 Å². The zero-order valence-electron chi connectivity index (χ0n) is 12.1. The summed E-state index contributed by atoms with van der Waals surface area (Å²) in [5.74, 6) is 0.624. The number of likely N-dealkylation sites (N-methyl/N-ethyl adjacent to an activating group) is 1. The lowest BCUT2D eigenvalue weighted by Crippen LogP contribution is -3.11. The summed E-state index contributed by atoms with van der Waals surface area (Å²) in [6.07, 6.45) is 0.317. The number of benzene rings is 1. The molecule has 0 bridgehead atoms. The Kier molecular flexibility index (Phi) is 6.97. The predicted octanol–water partition coefficient (Wildman–Crippen LogP) is 0.706. The average molecular weight is 266 g/mol. The quantitative estimate of drug-likeness (QED) is 0.704. The molecule has 0 saturated carbocycles. The lowest BCUT2D eigenvalue weighted by molar-refractivity contribution is -0.896. The average Bonchev–Trinajstić information content (AvgIpc) is 2.44. The normalized spacial score (nSPS) is 10.5. The van der Waals surface area contributed by atoms with Gasteiger partial charge in [0.15, 0.2) is 0 Å². The molecule has 0 spiro atoms. The molecule has 1 N–H and O–H groups in total. The summed E-state index contributed by atoms with van der Waals surface area (Å²) >= 11 is 0. The number of methoxy groups -OCH3 is 1. The van der Waals surface area contributed by atoms with Gasteiger partial charge in [-0.2, -0.15) is 0 Å². The minimum Gasteiger partial charge on any atom is -0.497 e. The number of carbonyl (C=O) groups is 1. The van der Waals surface area contributed by atoms with Crippen LogP contribution in [-0.2, 0) is 16.0 Å². The Morgan fingerprint density at radius 3 is 2.32 bits per heavy atom. The number of nitrogens with one attached hydrogen (secondary N) is 1. The van der Waals surface area contributed by atoms with Crippen molar-refractivity contribution in [1.82, 2.24) is 0 Å². The number of quaternary nitrogens is 1. The molecule has 1 aromatic carbocycles. The molecule has 0 fully saturated rings. The summed E-state index contributed by atoms with van der Waals surface area (Å²) in [5, 5.41) is 0. The first-order valence-corrected chi connectivity index (χ1v) is 6.81. The maximum Gasteiger partial charge on any atom is 0.310 e. The number of ether oxygens (including phenoxy) is 2. The monoisotopic (exact) mass is 266 g/mol. The Bertz CT molecular complexity index is 371. The van der Waals surface area contributed by atoms with Gasteiger partial charge < -0.3 is 14.4 Å². The van der Waals surface area contributed by atoms with Crippen molar-refractivity contribution in [3.63, 3.8) is 0 Å². The minimum atomic E-state index is -0.170. The van der Waals surface area contributed by atoms with Crippen LogP contribution in [0.1, 0.15) is 19.4 Å². The van der Waals surface area contributed by atoms with Crippen molar-refractivity contribution in [2.45, 2.75) is 20.3 Å². The van der Waals surface area contributed by atoms with Gasteiger partial charge in [-0.15, -0.1) is 0 Å². The van der Waals surface area contributed by atoms with Crippen LogP contribution in [0.5, 0.6) is 5.75 Å². The van der Waals surface area contributed by atoms with E-state index in [1.165, 1.54) is 4.90 Å². The number of hydrogen-bond acceptors (Lipinski definition) is 3. The van der Waals surface area contributed by atoms with Crippen molar-refractivity contribution in [2.24, 2.45) is 0 Å². The molecular weight excluding hydrogens is 242 g/mol. The Morgan fingerprint density at radius 2 is 1.79 bits per heavy atom. The van der Waals surface area contributed by atoms with E-state index in [-0.39, 0.29) is 5.97 Å². The first-order chi connectivity index (χ1) is 9.19. The highest BCUT2D eigenvalue weighted by atomic mass is 16.5. The van der Waals surface area contributed by atoms with Crippen molar-refractivity contribution in [1.29, 1.82) is 0 Å². The van der Waals surface area contributed by atoms with Crippen LogP contribution in [0.4, 0.5) is 0 Å². The summed E-state index contributed by atoms with van der Waals surface area (Å²) in [4.78, 5) is 13.1. The molecule has 0 atom stereocenters. The largest absolute Gasteiger partial charge is 0.497 e. The van der Waals surface area contributed by atoms with E-state index in [4.69, 9.17) is 9.47 Å². The van der Waals surface area contributed by atoms with E-state index in [2.05, 4.69) is 13.8 Å². The summed E-state index contributed by atoms with van der Waals surface area (Å²) in [7, 11) is 1.62. The maximum absolute atomic E-state index is 11.7. The molecule has 19 heavy (non-hydrogen) atoms. The van der Waals surface area contributed by atoms with Crippen LogP contribution in [0.15, 0.2) is 24.3 Å². The summed E-state index contributed by atoms with van der Waals surface area (Å²) in [5.41, 5.74) is 0.945. The van der Waals surface area contributed by atoms with Crippen LogP contribution in [0, 0.1) is 0 Å². The molecule has 1 aromatic rings. The molecule has 0 unspecified atom stereocenters. The Balaban J connectivity index is 2.30. The minimum absolute atomic E-state index is 0.170. The van der Waals surface area contributed by atoms with Crippen molar-refractivity contribution in [2.75, 3.05) is 33.4 Å². The number of carbonyl (C=O) groups excluding carboxylic acids is 1. The Morgan fingerprint density at radius 1 is 1.16 bits per heavy atom. The first-order valence-electron chi connectivity index (χ1n) is 6.81. The number of rotatable bonds is 8. The Hall–Kier alpha value is -1.55. The molecule has 1 rings (SSSR count). The van der Waals surface area contributed by atoms with E-state index < -0.39 is 0 Å². The second-order valence-electron chi connectivity index (χ2n) is 4.45. The van der Waals surface area contributed by atoms with E-state index in [1.807, 2.05) is 24.3 Å². The van der Waals surface area contributed by atoms with Gasteiger partial charge in [0.1, 0.15) is 18.9 Å². The Labute approximate surface area is 115 Å². The summed E-state index contributed by atoms with van der Waals surface area (Å²) in [6, 6.07) is 7.47. The second-order valence-corrected chi connectivity index (χ2v) is 4.45. The fourth-order valence-corrected chi connectivity index (χ4v) is 1.87. The highest BCUT2D eigenvalue weighted by molar-refractivity contribution is 5.72. The van der Waals surface area contributed by atoms with Crippen LogP contribution < -0.4 is 9.64 Å². The lowest BCUT2D eigenvalue weighted by atomic mass is 10.1. The maximum atomic E-state index is 11.7. The smallest absolute Gasteiger partial charge is 0.310 e. The van der Waals surface area contributed by atoms with Gasteiger partial charge in [0.05, 0.1) is 26.6 Å². The van der Waals surface area contributed by atoms with Crippen LogP contribution in [0.2, 0.25) is 0 Å². The topological polar surface area (TPSA) is 40.0 Å². The van der Waals surface area contributed by atoms with E-state index >= 15 is 0 Å². The zero-order chi connectivity index (χ0) is 14.1. The summed E-state index contributed by atoms with van der Waals surface area (Å²) in [6.45, 7) is 7.77. The van der Waals surface area contributed by atoms with E-state index in [0.29, 0.717) is 13.0 Å². The third kappa shape index (κ3) is 5.75. The van der Waals surface area contributed by atoms with Crippen LogP contribution in [0.3, 0.4) is 0 Å². The van der Waals surface area contributed by atoms with Gasteiger partial charge in [-0.3, -0.25) is 4.79 Å². The van der Waals surface area contributed by atoms with Crippen molar-refractivity contribution < 1.29 is 19.2 Å². The van der Waals surface area contributed by atoms with Crippen molar-refractivity contribution in [3.8, 4) is 5.75 Å². The van der Waals surface area contributed by atoms with E-state index in [1.54, 1.807) is 7.11 Å². The standard InChI is InChI=1S/C15H23NO3/c1-4-16(5-2)10-11-19-15(17)12-13-6-8-14(18-3)9-7-13/h6-9H,4-5,10-12H2,1-3H3/p+1. The van der Waals surface area contributed by atoms with Crippen LogP contribution in [0.25, 0.3) is 0 Å². The predicted molar refractivity (Wildman–Crippen MR) is 74.6 cm³/mol. The number of esters is 1. The van der Waals surface area contributed by atoms with Gasteiger partial charge in [0, 0.05) is 0 Å². The SMILES string of the molecule is CC[NH+](CC)CCOC(=O)Cc1ccc(OC)cc1. The highest BCUT2D eigenvalue weighted by Crippen LogP contribution is 2.11.